The molecule has 2 aliphatic heterocycles. The molecule has 0 fully saturated rings. The van der Waals surface area contributed by atoms with Crippen molar-refractivity contribution in [1.29, 1.82) is 0 Å². The number of carbonyl (C=O) groups is 1. The van der Waals surface area contributed by atoms with Gasteiger partial charge in [0.2, 0.25) is 5.78 Å². The van der Waals surface area contributed by atoms with Crippen molar-refractivity contribution in [3.05, 3.63) is 94.8 Å². The number of hydrogen-bond acceptors (Lipinski definition) is 5. The lowest BCUT2D eigenvalue weighted by Gasteiger charge is -2.29. The lowest BCUT2D eigenvalue weighted by molar-refractivity contribution is 0.0872. The summed E-state index contributed by atoms with van der Waals surface area (Å²) in [7, 11) is 0. The second kappa shape index (κ2) is 7.14. The van der Waals surface area contributed by atoms with Crippen LogP contribution in [-0.2, 0) is 13.1 Å². The van der Waals surface area contributed by atoms with Crippen LogP contribution in [0.3, 0.4) is 0 Å². The monoisotopic (exact) mass is 388 g/mol. The Balaban J connectivity index is 1.45. The van der Waals surface area contributed by atoms with Crippen LogP contribution < -0.4 is 9.47 Å². The summed E-state index contributed by atoms with van der Waals surface area (Å²) in [6.07, 6.45) is 4.96. The molecule has 0 N–H and O–H groups in total. The zero-order valence-electron chi connectivity index (χ0n) is 15.5. The van der Waals surface area contributed by atoms with Crippen molar-refractivity contribution in [2.24, 2.45) is 0 Å². The third-order valence-electron chi connectivity index (χ3n) is 5.03. The summed E-state index contributed by atoms with van der Waals surface area (Å²) in [5.74, 6) is 0.660. The molecule has 5 rings (SSSR count). The Bertz CT molecular complexity index is 1130. The average Bonchev–Trinajstić information content (AvgIpc) is 3.06. The first-order valence-corrected chi connectivity index (χ1v) is 9.28. The van der Waals surface area contributed by atoms with Gasteiger partial charge in [-0.15, -0.1) is 0 Å². The molecule has 2 aliphatic rings. The van der Waals surface area contributed by atoms with Crippen molar-refractivity contribution in [2.75, 3.05) is 6.73 Å². The number of allylic oxidation sites excluding steroid dienone is 1. The topological polar surface area (TPSA) is 51.7 Å². The number of hydrogen-bond donors (Lipinski definition) is 0. The van der Waals surface area contributed by atoms with Crippen LogP contribution in [0, 0.1) is 5.82 Å². The minimum Gasteiger partial charge on any atom is -0.478 e. The van der Waals surface area contributed by atoms with Gasteiger partial charge in [-0.3, -0.25) is 14.7 Å². The van der Waals surface area contributed by atoms with Gasteiger partial charge in [0.25, 0.3) is 0 Å². The number of ether oxygens (including phenoxy) is 2. The Morgan fingerprint density at radius 1 is 1.10 bits per heavy atom. The van der Waals surface area contributed by atoms with Gasteiger partial charge in [-0.1, -0.05) is 18.2 Å². The van der Waals surface area contributed by atoms with Crippen molar-refractivity contribution in [2.45, 2.75) is 13.1 Å². The highest BCUT2D eigenvalue weighted by molar-refractivity contribution is 6.15. The lowest BCUT2D eigenvalue weighted by Crippen LogP contribution is -2.31. The van der Waals surface area contributed by atoms with Gasteiger partial charge in [0.1, 0.15) is 24.0 Å². The van der Waals surface area contributed by atoms with E-state index in [0.717, 1.165) is 11.1 Å². The van der Waals surface area contributed by atoms with E-state index in [1.165, 1.54) is 12.1 Å². The maximum absolute atomic E-state index is 14.0. The Kier molecular flexibility index (Phi) is 4.33. The zero-order valence-corrected chi connectivity index (χ0v) is 15.5. The smallest absolute Gasteiger partial charge is 0.231 e. The summed E-state index contributed by atoms with van der Waals surface area (Å²) in [5.41, 5.74) is 2.73. The number of carbonyl (C=O) groups excluding carboxylic acids is 1. The highest BCUT2D eigenvalue weighted by Crippen LogP contribution is 2.42. The molecule has 0 unspecified atom stereocenters. The Hall–Kier alpha value is -3.51. The Morgan fingerprint density at radius 3 is 2.76 bits per heavy atom. The number of nitrogens with zero attached hydrogens (tertiary/aromatic N) is 2. The fourth-order valence-electron chi connectivity index (χ4n) is 3.59. The molecular weight excluding hydrogens is 371 g/mol. The maximum Gasteiger partial charge on any atom is 0.231 e. The summed E-state index contributed by atoms with van der Waals surface area (Å²) in [5, 5.41) is 0. The van der Waals surface area contributed by atoms with Gasteiger partial charge < -0.3 is 9.47 Å². The first-order valence-electron chi connectivity index (χ1n) is 9.28. The summed E-state index contributed by atoms with van der Waals surface area (Å²) in [4.78, 5) is 18.9. The molecule has 6 heteroatoms. The maximum atomic E-state index is 14.0. The van der Waals surface area contributed by atoms with E-state index < -0.39 is 5.82 Å². The van der Waals surface area contributed by atoms with Crippen molar-refractivity contribution in [3.8, 4) is 11.5 Å². The first kappa shape index (κ1) is 17.6. The molecule has 0 radical (unpaired) electrons. The lowest BCUT2D eigenvalue weighted by atomic mass is 10.0. The first-order chi connectivity index (χ1) is 14.2. The van der Waals surface area contributed by atoms with Crippen LogP contribution in [-0.4, -0.2) is 22.4 Å². The molecular formula is C23H17FN2O3. The number of fused-ring (bicyclic) bond motifs is 3. The van der Waals surface area contributed by atoms with E-state index >= 15 is 0 Å². The van der Waals surface area contributed by atoms with Crippen molar-refractivity contribution >= 4 is 11.9 Å². The van der Waals surface area contributed by atoms with Gasteiger partial charge in [0.05, 0.1) is 11.1 Å². The number of rotatable bonds is 3. The van der Waals surface area contributed by atoms with E-state index in [1.54, 1.807) is 42.7 Å². The van der Waals surface area contributed by atoms with Crippen LogP contribution in [0.2, 0.25) is 0 Å². The fourth-order valence-corrected chi connectivity index (χ4v) is 3.59. The molecule has 0 atom stereocenters. The van der Waals surface area contributed by atoms with Gasteiger partial charge in [-0.25, -0.2) is 4.39 Å². The van der Waals surface area contributed by atoms with E-state index in [1.807, 2.05) is 12.1 Å². The third kappa shape index (κ3) is 3.28. The second-order valence-corrected chi connectivity index (χ2v) is 7.00. The van der Waals surface area contributed by atoms with E-state index in [0.29, 0.717) is 42.4 Å². The normalized spacial score (nSPS) is 16.9. The molecule has 2 aromatic carbocycles. The van der Waals surface area contributed by atoms with Crippen LogP contribution in [0.15, 0.2) is 66.7 Å². The Morgan fingerprint density at radius 2 is 1.93 bits per heavy atom. The molecule has 0 aliphatic carbocycles. The molecule has 0 saturated carbocycles. The minimum absolute atomic E-state index is 0.116. The van der Waals surface area contributed by atoms with E-state index in [4.69, 9.17) is 9.47 Å². The van der Waals surface area contributed by atoms with Crippen LogP contribution >= 0.6 is 0 Å². The summed E-state index contributed by atoms with van der Waals surface area (Å²) in [6.45, 7) is 1.72. The van der Waals surface area contributed by atoms with E-state index in [9.17, 15) is 9.18 Å². The van der Waals surface area contributed by atoms with Crippen LogP contribution in [0.1, 0.15) is 27.0 Å². The number of halogens is 1. The molecule has 1 aromatic heterocycles. The highest BCUT2D eigenvalue weighted by Gasteiger charge is 2.33. The number of pyridine rings is 1. The molecule has 3 heterocycles. The highest BCUT2D eigenvalue weighted by atomic mass is 19.1. The van der Waals surface area contributed by atoms with Crippen LogP contribution in [0.25, 0.3) is 6.08 Å². The number of benzene rings is 2. The van der Waals surface area contributed by atoms with Gasteiger partial charge in [0, 0.05) is 31.0 Å². The molecule has 0 spiro atoms. The van der Waals surface area contributed by atoms with E-state index in [2.05, 4.69) is 9.88 Å². The molecule has 5 nitrogen and oxygen atoms in total. The number of aromatic nitrogens is 1. The number of ketones is 1. The summed E-state index contributed by atoms with van der Waals surface area (Å²) < 4.78 is 25.8. The molecule has 144 valence electrons. The standard InChI is InChI=1S/C23H17FN2O3/c24-19-4-2-1-3-16(19)11-21-22(27)17-5-6-20-18(23(17)29-21)13-26(14-28-20)12-15-7-9-25-10-8-15/h1-11H,12-14H2/b21-11-. The van der Waals surface area contributed by atoms with Crippen LogP contribution in [0.4, 0.5) is 4.39 Å². The molecule has 0 amide bonds. The number of Topliss-reactive ketones (excluding diaryl/α,β-unsaturated/α-hetero) is 1. The van der Waals surface area contributed by atoms with Crippen molar-refractivity contribution < 1.29 is 18.7 Å². The van der Waals surface area contributed by atoms with Crippen molar-refractivity contribution in [1.82, 2.24) is 9.88 Å². The van der Waals surface area contributed by atoms with Crippen molar-refractivity contribution in [3.63, 3.8) is 0 Å². The predicted octanol–water partition coefficient (Wildman–Crippen LogP) is 4.19. The molecule has 0 bridgehead atoms. The largest absolute Gasteiger partial charge is 0.478 e. The van der Waals surface area contributed by atoms with E-state index in [-0.39, 0.29) is 11.5 Å². The average molecular weight is 388 g/mol. The predicted molar refractivity (Wildman–Crippen MR) is 105 cm³/mol. The second-order valence-electron chi connectivity index (χ2n) is 7.00. The summed E-state index contributed by atoms with van der Waals surface area (Å²) in [6, 6.07) is 13.7. The zero-order chi connectivity index (χ0) is 19.8. The van der Waals surface area contributed by atoms with Gasteiger partial charge in [-0.2, -0.15) is 0 Å². The van der Waals surface area contributed by atoms with Gasteiger partial charge in [0.15, 0.2) is 5.76 Å². The molecule has 3 aromatic rings. The molecule has 29 heavy (non-hydrogen) atoms. The minimum atomic E-state index is -0.402. The Labute approximate surface area is 167 Å². The van der Waals surface area contributed by atoms with Crippen LogP contribution in [0.5, 0.6) is 11.5 Å². The van der Waals surface area contributed by atoms with Gasteiger partial charge >= 0.3 is 0 Å². The molecule has 0 saturated heterocycles. The fraction of sp³-hybridized carbons (Fsp3) is 0.130. The summed E-state index contributed by atoms with van der Waals surface area (Å²) >= 11 is 0. The van der Waals surface area contributed by atoms with Gasteiger partial charge in [-0.05, 0) is 42.0 Å². The quantitative estimate of drug-likeness (QED) is 0.630. The SMILES string of the molecule is O=C1/C(=C/c2ccccc2F)Oc2c1ccc1c2CN(Cc2ccncc2)CO1. The third-order valence-corrected chi connectivity index (χ3v) is 5.03.